The Balaban J connectivity index is 1.56. The van der Waals surface area contributed by atoms with Gasteiger partial charge in [0.2, 0.25) is 6.79 Å². The number of carbonyl (C=O) groups is 1. The third kappa shape index (κ3) is 3.66. The Morgan fingerprint density at radius 3 is 2.67 bits per heavy atom. The molecule has 0 spiro atoms. The van der Waals surface area contributed by atoms with Crippen molar-refractivity contribution >= 4 is 21.8 Å². The Morgan fingerprint density at radius 1 is 1.11 bits per heavy atom. The van der Waals surface area contributed by atoms with Crippen molar-refractivity contribution in [3.05, 3.63) is 57.8 Å². The molecule has 142 valence electrons. The molecule has 0 aliphatic carbocycles. The highest BCUT2D eigenvalue weighted by Gasteiger charge is 2.36. The van der Waals surface area contributed by atoms with E-state index in [1.807, 2.05) is 18.2 Å². The Bertz CT molecular complexity index is 867. The lowest BCUT2D eigenvalue weighted by Gasteiger charge is -2.38. The van der Waals surface area contributed by atoms with E-state index in [1.54, 1.807) is 0 Å². The van der Waals surface area contributed by atoms with Crippen LogP contribution in [-0.2, 0) is 10.2 Å². The van der Waals surface area contributed by atoms with Gasteiger partial charge in [-0.05, 0) is 64.7 Å². The molecular formula is C20H19BrFNO4. The van der Waals surface area contributed by atoms with E-state index in [2.05, 4.69) is 21.2 Å². The SMILES string of the molecule is O=C(NCC1(c2ccc3c(c2)OCO3)CCOCC1)c1ccc(F)cc1Br. The van der Waals surface area contributed by atoms with E-state index in [0.29, 0.717) is 29.8 Å². The molecule has 1 amide bonds. The third-order valence-corrected chi connectivity index (χ3v) is 5.85. The predicted octanol–water partition coefficient (Wildman–Crippen LogP) is 3.80. The van der Waals surface area contributed by atoms with Crippen molar-refractivity contribution in [2.45, 2.75) is 18.3 Å². The Labute approximate surface area is 164 Å². The monoisotopic (exact) mass is 435 g/mol. The van der Waals surface area contributed by atoms with Crippen molar-refractivity contribution in [1.82, 2.24) is 5.32 Å². The van der Waals surface area contributed by atoms with Crippen LogP contribution in [0.3, 0.4) is 0 Å². The van der Waals surface area contributed by atoms with Crippen molar-refractivity contribution in [3.63, 3.8) is 0 Å². The third-order valence-electron chi connectivity index (χ3n) is 5.20. The first-order valence-electron chi connectivity index (χ1n) is 8.79. The fraction of sp³-hybridized carbons (Fsp3) is 0.350. The highest BCUT2D eigenvalue weighted by Crippen LogP contribution is 2.40. The quantitative estimate of drug-likeness (QED) is 0.793. The summed E-state index contributed by atoms with van der Waals surface area (Å²) >= 11 is 3.25. The molecule has 2 aromatic carbocycles. The van der Waals surface area contributed by atoms with Gasteiger partial charge in [0.1, 0.15) is 5.82 Å². The minimum absolute atomic E-state index is 0.226. The number of halogens is 2. The van der Waals surface area contributed by atoms with Gasteiger partial charge in [-0.1, -0.05) is 6.07 Å². The lowest BCUT2D eigenvalue weighted by molar-refractivity contribution is 0.0486. The van der Waals surface area contributed by atoms with E-state index in [0.717, 1.165) is 29.9 Å². The van der Waals surface area contributed by atoms with Crippen LogP contribution < -0.4 is 14.8 Å². The van der Waals surface area contributed by atoms with E-state index in [9.17, 15) is 9.18 Å². The van der Waals surface area contributed by atoms with Crippen LogP contribution in [-0.4, -0.2) is 32.5 Å². The van der Waals surface area contributed by atoms with Gasteiger partial charge in [0.25, 0.3) is 5.91 Å². The van der Waals surface area contributed by atoms with Crippen LogP contribution in [0, 0.1) is 5.82 Å². The van der Waals surface area contributed by atoms with Crippen molar-refractivity contribution in [2.75, 3.05) is 26.6 Å². The van der Waals surface area contributed by atoms with Gasteiger partial charge in [0.15, 0.2) is 11.5 Å². The summed E-state index contributed by atoms with van der Waals surface area (Å²) in [7, 11) is 0. The molecule has 1 fully saturated rings. The summed E-state index contributed by atoms with van der Waals surface area (Å²) in [5.74, 6) is 0.833. The number of nitrogens with one attached hydrogen (secondary N) is 1. The Kier molecular flexibility index (Phi) is 5.06. The van der Waals surface area contributed by atoms with Gasteiger partial charge in [-0.2, -0.15) is 0 Å². The van der Waals surface area contributed by atoms with Crippen molar-refractivity contribution in [3.8, 4) is 11.5 Å². The zero-order chi connectivity index (χ0) is 18.9. The summed E-state index contributed by atoms with van der Waals surface area (Å²) in [6, 6.07) is 9.98. The minimum Gasteiger partial charge on any atom is -0.454 e. The second-order valence-electron chi connectivity index (χ2n) is 6.77. The maximum Gasteiger partial charge on any atom is 0.252 e. The smallest absolute Gasteiger partial charge is 0.252 e. The zero-order valence-electron chi connectivity index (χ0n) is 14.6. The van der Waals surface area contributed by atoms with Gasteiger partial charge in [0, 0.05) is 29.6 Å². The highest BCUT2D eigenvalue weighted by atomic mass is 79.9. The second-order valence-corrected chi connectivity index (χ2v) is 7.62. The second kappa shape index (κ2) is 7.48. The number of rotatable bonds is 4. The summed E-state index contributed by atoms with van der Waals surface area (Å²) < 4.78 is 30.2. The molecule has 4 rings (SSSR count). The average molecular weight is 436 g/mol. The number of hydrogen-bond acceptors (Lipinski definition) is 4. The van der Waals surface area contributed by atoms with Crippen LogP contribution in [0.2, 0.25) is 0 Å². The molecule has 1 N–H and O–H groups in total. The van der Waals surface area contributed by atoms with E-state index in [4.69, 9.17) is 14.2 Å². The molecule has 2 heterocycles. The molecule has 27 heavy (non-hydrogen) atoms. The first kappa shape index (κ1) is 18.3. The topological polar surface area (TPSA) is 56.8 Å². The molecule has 7 heteroatoms. The lowest BCUT2D eigenvalue weighted by atomic mass is 9.74. The van der Waals surface area contributed by atoms with Gasteiger partial charge in [-0.3, -0.25) is 4.79 Å². The van der Waals surface area contributed by atoms with Crippen molar-refractivity contribution < 1.29 is 23.4 Å². The van der Waals surface area contributed by atoms with Crippen LogP contribution in [0.15, 0.2) is 40.9 Å². The molecule has 5 nitrogen and oxygen atoms in total. The van der Waals surface area contributed by atoms with Gasteiger partial charge in [0.05, 0.1) is 5.56 Å². The van der Waals surface area contributed by atoms with Crippen molar-refractivity contribution in [2.24, 2.45) is 0 Å². The number of carbonyl (C=O) groups excluding carboxylic acids is 1. The summed E-state index contributed by atoms with van der Waals surface area (Å²) in [5, 5.41) is 3.02. The Morgan fingerprint density at radius 2 is 1.89 bits per heavy atom. The fourth-order valence-corrected chi connectivity index (χ4v) is 4.11. The molecule has 0 aromatic heterocycles. The number of benzene rings is 2. The Hall–Kier alpha value is -2.12. The molecule has 0 atom stereocenters. The van der Waals surface area contributed by atoms with E-state index >= 15 is 0 Å². The maximum atomic E-state index is 13.3. The first-order chi connectivity index (χ1) is 13.1. The minimum atomic E-state index is -0.389. The zero-order valence-corrected chi connectivity index (χ0v) is 16.2. The van der Waals surface area contributed by atoms with E-state index in [-0.39, 0.29) is 23.9 Å². The predicted molar refractivity (Wildman–Crippen MR) is 101 cm³/mol. The molecule has 2 aromatic rings. The molecule has 2 aliphatic heterocycles. The summed E-state index contributed by atoms with van der Waals surface area (Å²) in [6.07, 6.45) is 1.58. The van der Waals surface area contributed by atoms with E-state index < -0.39 is 0 Å². The standard InChI is InChI=1S/C20H19BrFNO4/c21-16-10-14(22)2-3-15(16)19(24)23-11-20(5-7-25-8-6-20)13-1-4-17-18(9-13)27-12-26-17/h1-4,9-10H,5-8,11-12H2,(H,23,24). The summed E-state index contributed by atoms with van der Waals surface area (Å²) in [6.45, 7) is 1.94. The van der Waals surface area contributed by atoms with Crippen LogP contribution in [0.25, 0.3) is 0 Å². The van der Waals surface area contributed by atoms with E-state index in [1.165, 1.54) is 18.2 Å². The molecule has 0 radical (unpaired) electrons. The largest absolute Gasteiger partial charge is 0.454 e. The summed E-state index contributed by atoms with van der Waals surface area (Å²) in [5.41, 5.74) is 1.25. The fourth-order valence-electron chi connectivity index (χ4n) is 3.57. The number of ether oxygens (including phenoxy) is 3. The first-order valence-corrected chi connectivity index (χ1v) is 9.58. The average Bonchev–Trinajstić information content (AvgIpc) is 3.15. The maximum absolute atomic E-state index is 13.3. The summed E-state index contributed by atoms with van der Waals surface area (Å²) in [4.78, 5) is 12.6. The van der Waals surface area contributed by atoms with Crippen LogP contribution >= 0.6 is 15.9 Å². The van der Waals surface area contributed by atoms with Crippen molar-refractivity contribution in [1.29, 1.82) is 0 Å². The molecule has 0 saturated carbocycles. The molecule has 2 aliphatic rings. The molecule has 1 saturated heterocycles. The molecular weight excluding hydrogens is 417 g/mol. The van der Waals surface area contributed by atoms with Gasteiger partial charge in [-0.15, -0.1) is 0 Å². The van der Waals surface area contributed by atoms with Crippen LogP contribution in [0.1, 0.15) is 28.8 Å². The molecule has 0 unspecified atom stereocenters. The normalized spacial score (nSPS) is 17.6. The van der Waals surface area contributed by atoms with Gasteiger partial charge >= 0.3 is 0 Å². The number of fused-ring (bicyclic) bond motifs is 1. The van der Waals surface area contributed by atoms with Crippen LogP contribution in [0.5, 0.6) is 11.5 Å². The molecule has 0 bridgehead atoms. The van der Waals surface area contributed by atoms with Gasteiger partial charge in [-0.25, -0.2) is 4.39 Å². The number of hydrogen-bond donors (Lipinski definition) is 1. The highest BCUT2D eigenvalue weighted by molar-refractivity contribution is 9.10. The van der Waals surface area contributed by atoms with Crippen LogP contribution in [0.4, 0.5) is 4.39 Å². The number of amides is 1. The lowest BCUT2D eigenvalue weighted by Crippen LogP contribution is -2.44. The van der Waals surface area contributed by atoms with Gasteiger partial charge < -0.3 is 19.5 Å².